The van der Waals surface area contributed by atoms with Gasteiger partial charge in [0.05, 0.1) is 13.2 Å². The van der Waals surface area contributed by atoms with Crippen LogP contribution in [0.4, 0.5) is 0 Å². The van der Waals surface area contributed by atoms with Crippen molar-refractivity contribution in [2.45, 2.75) is 44.2 Å². The molecular formula is C17H28N2O. The van der Waals surface area contributed by atoms with Gasteiger partial charge in [0.2, 0.25) is 0 Å². The summed E-state index contributed by atoms with van der Waals surface area (Å²) >= 11 is 0. The molecule has 0 radical (unpaired) electrons. The quantitative estimate of drug-likeness (QED) is 0.863. The molecule has 1 atom stereocenters. The van der Waals surface area contributed by atoms with Crippen molar-refractivity contribution in [2.75, 3.05) is 27.7 Å². The lowest BCUT2D eigenvalue weighted by atomic mass is 9.82. The van der Waals surface area contributed by atoms with Gasteiger partial charge in [-0.2, -0.15) is 0 Å². The van der Waals surface area contributed by atoms with Gasteiger partial charge < -0.3 is 15.0 Å². The maximum atomic E-state index is 5.60. The van der Waals surface area contributed by atoms with E-state index in [0.29, 0.717) is 6.04 Å². The van der Waals surface area contributed by atoms with Crippen LogP contribution in [-0.4, -0.2) is 38.2 Å². The van der Waals surface area contributed by atoms with Crippen molar-refractivity contribution in [1.82, 2.24) is 10.2 Å². The highest BCUT2D eigenvalue weighted by Crippen LogP contribution is 2.45. The third-order valence-electron chi connectivity index (χ3n) is 4.76. The topological polar surface area (TPSA) is 24.5 Å². The second-order valence-corrected chi connectivity index (χ2v) is 5.94. The molecule has 0 aromatic heterocycles. The average Bonchev–Trinajstić information content (AvgIpc) is 2.95. The van der Waals surface area contributed by atoms with E-state index in [9.17, 15) is 0 Å². The predicted molar refractivity (Wildman–Crippen MR) is 84.3 cm³/mol. The van der Waals surface area contributed by atoms with Crippen LogP contribution in [0.15, 0.2) is 24.3 Å². The Labute approximate surface area is 123 Å². The maximum Gasteiger partial charge on any atom is 0.123 e. The molecular weight excluding hydrogens is 248 g/mol. The molecule has 3 nitrogen and oxygen atoms in total. The van der Waals surface area contributed by atoms with Crippen LogP contribution in [0, 0.1) is 0 Å². The van der Waals surface area contributed by atoms with Gasteiger partial charge in [-0.05, 0) is 39.5 Å². The Bertz CT molecular complexity index is 425. The van der Waals surface area contributed by atoms with Gasteiger partial charge in [-0.25, -0.2) is 0 Å². The molecule has 0 amide bonds. The molecule has 0 bridgehead atoms. The number of hydrogen-bond donors (Lipinski definition) is 1. The van der Waals surface area contributed by atoms with Crippen molar-refractivity contribution in [3.05, 3.63) is 29.8 Å². The lowest BCUT2D eigenvalue weighted by Crippen LogP contribution is -2.52. The van der Waals surface area contributed by atoms with Crippen molar-refractivity contribution >= 4 is 0 Å². The summed E-state index contributed by atoms with van der Waals surface area (Å²) in [5.41, 5.74) is 1.48. The van der Waals surface area contributed by atoms with Crippen LogP contribution in [0.1, 0.15) is 44.2 Å². The summed E-state index contributed by atoms with van der Waals surface area (Å²) in [6.07, 6.45) is 5.12. The van der Waals surface area contributed by atoms with Gasteiger partial charge in [-0.3, -0.25) is 0 Å². The lowest BCUT2D eigenvalue weighted by molar-refractivity contribution is 0.104. The highest BCUT2D eigenvalue weighted by molar-refractivity contribution is 5.38. The van der Waals surface area contributed by atoms with E-state index < -0.39 is 0 Å². The zero-order valence-corrected chi connectivity index (χ0v) is 13.3. The van der Waals surface area contributed by atoms with E-state index >= 15 is 0 Å². The summed E-state index contributed by atoms with van der Waals surface area (Å²) in [4.78, 5) is 2.42. The number of methoxy groups -OCH3 is 1. The SMILES string of the molecule is CCNC(c1ccccc1OC)C1(N(C)C)CCCC1. The van der Waals surface area contributed by atoms with E-state index in [1.165, 1.54) is 31.2 Å². The molecule has 1 aromatic rings. The van der Waals surface area contributed by atoms with Gasteiger partial charge in [-0.15, -0.1) is 0 Å². The molecule has 1 fully saturated rings. The van der Waals surface area contributed by atoms with Gasteiger partial charge in [-0.1, -0.05) is 38.0 Å². The van der Waals surface area contributed by atoms with Crippen molar-refractivity contribution < 1.29 is 4.74 Å². The summed E-state index contributed by atoms with van der Waals surface area (Å²) < 4.78 is 5.60. The number of likely N-dealkylation sites (N-methyl/N-ethyl adjacent to an activating group) is 2. The number of ether oxygens (including phenoxy) is 1. The standard InChI is InChI=1S/C17H28N2O/c1-5-18-16(14-10-6-7-11-15(14)20-4)17(19(2)3)12-8-9-13-17/h6-7,10-11,16,18H,5,8-9,12-13H2,1-4H3. The van der Waals surface area contributed by atoms with E-state index in [-0.39, 0.29) is 5.54 Å². The molecule has 1 aromatic carbocycles. The third kappa shape index (κ3) is 2.70. The number of hydrogen-bond acceptors (Lipinski definition) is 3. The van der Waals surface area contributed by atoms with Gasteiger partial charge in [0.15, 0.2) is 0 Å². The molecule has 1 aliphatic rings. The third-order valence-corrected chi connectivity index (χ3v) is 4.76. The molecule has 0 heterocycles. The highest BCUT2D eigenvalue weighted by Gasteiger charge is 2.44. The Morgan fingerprint density at radius 3 is 2.45 bits per heavy atom. The number of nitrogens with zero attached hydrogens (tertiary/aromatic N) is 1. The lowest BCUT2D eigenvalue weighted by Gasteiger charge is -2.44. The van der Waals surface area contributed by atoms with Crippen molar-refractivity contribution in [3.63, 3.8) is 0 Å². The fourth-order valence-corrected chi connectivity index (χ4v) is 3.68. The molecule has 1 unspecified atom stereocenters. The molecule has 2 rings (SSSR count). The van der Waals surface area contributed by atoms with Gasteiger partial charge in [0.1, 0.15) is 5.75 Å². The van der Waals surface area contributed by atoms with Crippen LogP contribution in [0.2, 0.25) is 0 Å². The predicted octanol–water partition coefficient (Wildman–Crippen LogP) is 3.22. The van der Waals surface area contributed by atoms with Gasteiger partial charge in [0, 0.05) is 11.1 Å². The smallest absolute Gasteiger partial charge is 0.123 e. The number of benzene rings is 1. The van der Waals surface area contributed by atoms with Crippen LogP contribution < -0.4 is 10.1 Å². The number of nitrogens with one attached hydrogen (secondary N) is 1. The molecule has 1 N–H and O–H groups in total. The molecule has 112 valence electrons. The largest absolute Gasteiger partial charge is 0.496 e. The molecule has 3 heteroatoms. The Morgan fingerprint density at radius 2 is 1.90 bits per heavy atom. The van der Waals surface area contributed by atoms with Crippen LogP contribution >= 0.6 is 0 Å². The maximum absolute atomic E-state index is 5.60. The summed E-state index contributed by atoms with van der Waals surface area (Å²) in [7, 11) is 6.19. The monoisotopic (exact) mass is 276 g/mol. The number of para-hydroxylation sites is 1. The van der Waals surface area contributed by atoms with Gasteiger partial charge >= 0.3 is 0 Å². The second kappa shape index (κ2) is 6.59. The minimum Gasteiger partial charge on any atom is -0.496 e. The molecule has 20 heavy (non-hydrogen) atoms. The Morgan fingerprint density at radius 1 is 1.25 bits per heavy atom. The Hall–Kier alpha value is -1.06. The average molecular weight is 276 g/mol. The van der Waals surface area contributed by atoms with E-state index in [4.69, 9.17) is 4.74 Å². The minimum absolute atomic E-state index is 0.199. The summed E-state index contributed by atoms with van der Waals surface area (Å²) in [5, 5.41) is 3.72. The van der Waals surface area contributed by atoms with E-state index in [1.807, 2.05) is 6.07 Å². The first-order valence-electron chi connectivity index (χ1n) is 7.69. The summed E-state index contributed by atoms with van der Waals surface area (Å²) in [6, 6.07) is 8.75. The second-order valence-electron chi connectivity index (χ2n) is 5.94. The van der Waals surface area contributed by atoms with E-state index in [0.717, 1.165) is 12.3 Å². The van der Waals surface area contributed by atoms with Crippen molar-refractivity contribution in [3.8, 4) is 5.75 Å². The zero-order valence-electron chi connectivity index (χ0n) is 13.3. The fourth-order valence-electron chi connectivity index (χ4n) is 3.68. The summed E-state index contributed by atoms with van der Waals surface area (Å²) in [5.74, 6) is 0.992. The molecule has 0 spiro atoms. The molecule has 0 aliphatic heterocycles. The highest BCUT2D eigenvalue weighted by atomic mass is 16.5. The molecule has 0 saturated heterocycles. The Kier molecular flexibility index (Phi) is 5.06. The fraction of sp³-hybridized carbons (Fsp3) is 0.647. The molecule has 1 aliphatic carbocycles. The normalized spacial score (nSPS) is 19.2. The minimum atomic E-state index is 0.199. The first kappa shape index (κ1) is 15.3. The van der Waals surface area contributed by atoms with Crippen LogP contribution in [0.25, 0.3) is 0 Å². The van der Waals surface area contributed by atoms with Crippen LogP contribution in [0.5, 0.6) is 5.75 Å². The van der Waals surface area contributed by atoms with Crippen LogP contribution in [-0.2, 0) is 0 Å². The van der Waals surface area contributed by atoms with E-state index in [2.05, 4.69) is 49.4 Å². The first-order chi connectivity index (χ1) is 9.65. The van der Waals surface area contributed by atoms with Crippen LogP contribution in [0.3, 0.4) is 0 Å². The van der Waals surface area contributed by atoms with Crippen molar-refractivity contribution in [2.24, 2.45) is 0 Å². The molecule has 1 saturated carbocycles. The first-order valence-corrected chi connectivity index (χ1v) is 7.69. The summed E-state index contributed by atoms with van der Waals surface area (Å²) in [6.45, 7) is 3.15. The zero-order chi connectivity index (χ0) is 14.6. The van der Waals surface area contributed by atoms with E-state index in [1.54, 1.807) is 7.11 Å². The van der Waals surface area contributed by atoms with Gasteiger partial charge in [0.25, 0.3) is 0 Å². The van der Waals surface area contributed by atoms with Crippen molar-refractivity contribution in [1.29, 1.82) is 0 Å². The number of rotatable bonds is 6. The Balaban J connectivity index is 2.44.